The van der Waals surface area contributed by atoms with E-state index < -0.39 is 17.2 Å². The fourth-order valence-corrected chi connectivity index (χ4v) is 2.53. The third-order valence-corrected chi connectivity index (χ3v) is 4.05. The highest BCUT2D eigenvalue weighted by molar-refractivity contribution is 9.10. The van der Waals surface area contributed by atoms with Gasteiger partial charge >= 0.3 is 0 Å². The molecule has 1 unspecified atom stereocenters. The van der Waals surface area contributed by atoms with Gasteiger partial charge in [0.05, 0.1) is 4.47 Å². The van der Waals surface area contributed by atoms with Gasteiger partial charge in [0.1, 0.15) is 11.6 Å². The standard InChI is InChI=1S/C15H13BrClF2N/c1-15(20,9-2-4-10(17)5-3-9)8-11-13(18)7-6-12(16)14(11)19/h2-7H,8,20H2,1H3. The molecule has 0 aliphatic rings. The molecule has 2 aromatic rings. The van der Waals surface area contributed by atoms with Crippen LogP contribution >= 0.6 is 27.5 Å². The minimum absolute atomic E-state index is 0.0284. The fourth-order valence-electron chi connectivity index (χ4n) is 2.03. The highest BCUT2D eigenvalue weighted by atomic mass is 79.9. The van der Waals surface area contributed by atoms with Crippen molar-refractivity contribution in [1.82, 2.24) is 0 Å². The average Bonchev–Trinajstić information content (AvgIpc) is 2.40. The second kappa shape index (κ2) is 5.80. The SMILES string of the molecule is CC(N)(Cc1c(F)ccc(Br)c1F)c1ccc(Cl)cc1. The van der Waals surface area contributed by atoms with Crippen LogP contribution in [0.1, 0.15) is 18.1 Å². The molecule has 0 saturated heterocycles. The molecule has 1 atom stereocenters. The van der Waals surface area contributed by atoms with Crippen LogP contribution in [0, 0.1) is 11.6 Å². The molecule has 0 fully saturated rings. The van der Waals surface area contributed by atoms with E-state index >= 15 is 0 Å². The normalized spacial score (nSPS) is 14.1. The minimum Gasteiger partial charge on any atom is -0.321 e. The molecule has 5 heteroatoms. The largest absolute Gasteiger partial charge is 0.321 e. The van der Waals surface area contributed by atoms with Gasteiger partial charge in [-0.1, -0.05) is 23.7 Å². The van der Waals surface area contributed by atoms with Gasteiger partial charge in [-0.25, -0.2) is 8.78 Å². The van der Waals surface area contributed by atoms with Crippen LogP contribution in [0.25, 0.3) is 0 Å². The first-order valence-electron chi connectivity index (χ1n) is 5.98. The molecular weight excluding hydrogens is 348 g/mol. The zero-order chi connectivity index (χ0) is 14.9. The minimum atomic E-state index is -0.896. The van der Waals surface area contributed by atoms with Crippen LogP contribution < -0.4 is 5.73 Å². The highest BCUT2D eigenvalue weighted by Crippen LogP contribution is 2.29. The van der Waals surface area contributed by atoms with Crippen molar-refractivity contribution >= 4 is 27.5 Å². The molecule has 2 rings (SSSR count). The summed E-state index contributed by atoms with van der Waals surface area (Å²) < 4.78 is 28.0. The monoisotopic (exact) mass is 359 g/mol. The summed E-state index contributed by atoms with van der Waals surface area (Å²) in [6.07, 6.45) is 0.0474. The molecule has 106 valence electrons. The van der Waals surface area contributed by atoms with Crippen molar-refractivity contribution in [3.63, 3.8) is 0 Å². The summed E-state index contributed by atoms with van der Waals surface area (Å²) in [5.41, 5.74) is 6.06. The number of rotatable bonds is 3. The van der Waals surface area contributed by atoms with Crippen molar-refractivity contribution in [2.24, 2.45) is 5.73 Å². The Morgan fingerprint density at radius 2 is 1.75 bits per heavy atom. The van der Waals surface area contributed by atoms with Crippen molar-refractivity contribution in [2.75, 3.05) is 0 Å². The zero-order valence-corrected chi connectivity index (χ0v) is 13.1. The summed E-state index contributed by atoms with van der Waals surface area (Å²) in [7, 11) is 0. The number of benzene rings is 2. The molecular formula is C15H13BrClF2N. The Morgan fingerprint density at radius 3 is 2.35 bits per heavy atom. The van der Waals surface area contributed by atoms with E-state index in [0.29, 0.717) is 5.02 Å². The van der Waals surface area contributed by atoms with Crippen LogP contribution in [0.15, 0.2) is 40.9 Å². The number of halogens is 4. The molecule has 0 bridgehead atoms. The van der Waals surface area contributed by atoms with Crippen LogP contribution in [-0.2, 0) is 12.0 Å². The summed E-state index contributed by atoms with van der Waals surface area (Å²) in [6.45, 7) is 1.73. The molecule has 0 amide bonds. The lowest BCUT2D eigenvalue weighted by molar-refractivity contribution is 0.454. The Bertz CT molecular complexity index is 627. The Morgan fingerprint density at radius 1 is 1.15 bits per heavy atom. The first kappa shape index (κ1) is 15.4. The Kier molecular flexibility index (Phi) is 4.47. The third kappa shape index (κ3) is 3.19. The Balaban J connectivity index is 2.38. The van der Waals surface area contributed by atoms with Gasteiger partial charge in [-0.3, -0.25) is 0 Å². The topological polar surface area (TPSA) is 26.0 Å². The van der Waals surface area contributed by atoms with Crippen LogP contribution in [0.4, 0.5) is 8.78 Å². The second-order valence-electron chi connectivity index (χ2n) is 4.92. The van der Waals surface area contributed by atoms with Gasteiger partial charge in [-0.05, 0) is 52.7 Å². The van der Waals surface area contributed by atoms with Gasteiger partial charge in [0.2, 0.25) is 0 Å². The molecule has 0 saturated carbocycles. The predicted molar refractivity (Wildman–Crippen MR) is 80.8 cm³/mol. The molecule has 0 aromatic heterocycles. The van der Waals surface area contributed by atoms with Gasteiger partial charge in [-0.15, -0.1) is 0 Å². The lowest BCUT2D eigenvalue weighted by Gasteiger charge is -2.26. The van der Waals surface area contributed by atoms with Crippen LogP contribution in [-0.4, -0.2) is 0 Å². The van der Waals surface area contributed by atoms with E-state index in [1.807, 2.05) is 0 Å². The van der Waals surface area contributed by atoms with Crippen LogP contribution in [0.3, 0.4) is 0 Å². The first-order chi connectivity index (χ1) is 9.31. The molecule has 0 heterocycles. The smallest absolute Gasteiger partial charge is 0.143 e. The number of hydrogen-bond acceptors (Lipinski definition) is 1. The maximum absolute atomic E-state index is 14.0. The van der Waals surface area contributed by atoms with E-state index in [0.717, 1.165) is 5.56 Å². The summed E-state index contributed by atoms with van der Waals surface area (Å²) in [5.74, 6) is -1.22. The van der Waals surface area contributed by atoms with E-state index in [9.17, 15) is 8.78 Å². The van der Waals surface area contributed by atoms with Crippen molar-refractivity contribution in [2.45, 2.75) is 18.9 Å². The molecule has 0 aliphatic heterocycles. The molecule has 2 aromatic carbocycles. The lowest BCUT2D eigenvalue weighted by atomic mass is 9.86. The van der Waals surface area contributed by atoms with Crippen LogP contribution in [0.2, 0.25) is 5.02 Å². The maximum atomic E-state index is 14.0. The van der Waals surface area contributed by atoms with E-state index in [2.05, 4.69) is 15.9 Å². The molecule has 2 N–H and O–H groups in total. The molecule has 0 aliphatic carbocycles. The van der Waals surface area contributed by atoms with Crippen molar-refractivity contribution in [3.8, 4) is 0 Å². The van der Waals surface area contributed by atoms with Gasteiger partial charge in [0.25, 0.3) is 0 Å². The molecule has 20 heavy (non-hydrogen) atoms. The molecule has 0 spiro atoms. The Labute approximate surface area is 129 Å². The van der Waals surface area contributed by atoms with Gasteiger partial charge in [-0.2, -0.15) is 0 Å². The van der Waals surface area contributed by atoms with Crippen molar-refractivity contribution < 1.29 is 8.78 Å². The summed E-state index contributed by atoms with van der Waals surface area (Å²) >= 11 is 8.88. The average molecular weight is 361 g/mol. The first-order valence-corrected chi connectivity index (χ1v) is 7.15. The molecule has 1 nitrogen and oxygen atoms in total. The number of hydrogen-bond donors (Lipinski definition) is 1. The molecule has 0 radical (unpaired) electrons. The predicted octanol–water partition coefficient (Wildman–Crippen LogP) is 4.80. The Hall–Kier alpha value is -0.970. The second-order valence-corrected chi connectivity index (χ2v) is 6.21. The van der Waals surface area contributed by atoms with Crippen molar-refractivity contribution in [1.29, 1.82) is 0 Å². The van der Waals surface area contributed by atoms with E-state index in [4.69, 9.17) is 17.3 Å². The summed E-state index contributed by atoms with van der Waals surface area (Å²) in [4.78, 5) is 0. The fraction of sp³-hybridized carbons (Fsp3) is 0.200. The van der Waals surface area contributed by atoms with E-state index in [1.165, 1.54) is 12.1 Å². The number of nitrogens with two attached hydrogens (primary N) is 1. The van der Waals surface area contributed by atoms with Crippen molar-refractivity contribution in [3.05, 3.63) is 68.7 Å². The lowest BCUT2D eigenvalue weighted by Crippen LogP contribution is -2.36. The summed E-state index contributed by atoms with van der Waals surface area (Å²) in [5, 5.41) is 0.587. The maximum Gasteiger partial charge on any atom is 0.143 e. The van der Waals surface area contributed by atoms with Crippen LogP contribution in [0.5, 0.6) is 0 Å². The van der Waals surface area contributed by atoms with Gasteiger partial charge in [0.15, 0.2) is 0 Å². The quantitative estimate of drug-likeness (QED) is 0.782. The van der Waals surface area contributed by atoms with E-state index in [-0.39, 0.29) is 16.5 Å². The third-order valence-electron chi connectivity index (χ3n) is 3.19. The van der Waals surface area contributed by atoms with Gasteiger partial charge in [0, 0.05) is 22.5 Å². The summed E-state index contributed by atoms with van der Waals surface area (Å²) in [6, 6.07) is 9.49. The highest BCUT2D eigenvalue weighted by Gasteiger charge is 2.26. The van der Waals surface area contributed by atoms with Gasteiger partial charge < -0.3 is 5.73 Å². The van der Waals surface area contributed by atoms with E-state index in [1.54, 1.807) is 31.2 Å². The zero-order valence-electron chi connectivity index (χ0n) is 10.8.